The first kappa shape index (κ1) is 16.0. The Kier molecular flexibility index (Phi) is 4.44. The number of hydrogen-bond acceptors (Lipinski definition) is 2. The van der Waals surface area contributed by atoms with Gasteiger partial charge in [0.1, 0.15) is 0 Å². The number of hydrogen-bond donors (Lipinski definition) is 1. The second-order valence-corrected chi connectivity index (χ2v) is 7.83. The van der Waals surface area contributed by atoms with Crippen molar-refractivity contribution in [2.24, 2.45) is 0 Å². The lowest BCUT2D eigenvalue weighted by Gasteiger charge is -2.14. The summed E-state index contributed by atoms with van der Waals surface area (Å²) in [5, 5.41) is 0. The molecule has 0 unspecified atom stereocenters. The molecular formula is C16H18BrNO2S. The van der Waals surface area contributed by atoms with Crippen molar-refractivity contribution in [2.75, 3.05) is 4.72 Å². The SMILES string of the molecule is Cc1cc(C)c(NS(=O)(=O)c2ccc(Br)c(C)c2)c(C)c1. The molecule has 112 valence electrons. The Balaban J connectivity index is 2.44. The first-order valence-corrected chi connectivity index (χ1v) is 8.85. The minimum absolute atomic E-state index is 0.266. The fourth-order valence-electron chi connectivity index (χ4n) is 2.32. The molecule has 0 aliphatic rings. The Morgan fingerprint density at radius 1 is 0.905 bits per heavy atom. The highest BCUT2D eigenvalue weighted by Crippen LogP contribution is 2.26. The fraction of sp³-hybridized carbons (Fsp3) is 0.250. The molecule has 0 heterocycles. The van der Waals surface area contributed by atoms with E-state index in [-0.39, 0.29) is 4.90 Å². The summed E-state index contributed by atoms with van der Waals surface area (Å²) in [6, 6.07) is 8.94. The predicted molar refractivity (Wildman–Crippen MR) is 90.3 cm³/mol. The van der Waals surface area contributed by atoms with Crippen molar-refractivity contribution in [3.63, 3.8) is 0 Å². The van der Waals surface area contributed by atoms with E-state index in [2.05, 4.69) is 20.7 Å². The number of aryl methyl sites for hydroxylation is 4. The largest absolute Gasteiger partial charge is 0.279 e. The molecule has 0 aliphatic carbocycles. The van der Waals surface area contributed by atoms with Gasteiger partial charge in [0, 0.05) is 4.47 Å². The van der Waals surface area contributed by atoms with Crippen LogP contribution in [0.15, 0.2) is 39.7 Å². The molecule has 0 amide bonds. The summed E-state index contributed by atoms with van der Waals surface area (Å²) < 4.78 is 28.7. The third-order valence-corrected chi connectivity index (χ3v) is 5.59. The number of rotatable bonds is 3. The molecule has 2 aromatic rings. The van der Waals surface area contributed by atoms with Crippen LogP contribution in [0.3, 0.4) is 0 Å². The van der Waals surface area contributed by atoms with Gasteiger partial charge >= 0.3 is 0 Å². The molecule has 0 radical (unpaired) electrons. The lowest BCUT2D eigenvalue weighted by atomic mass is 10.1. The van der Waals surface area contributed by atoms with Gasteiger partial charge in [-0.15, -0.1) is 0 Å². The maximum absolute atomic E-state index is 12.5. The number of nitrogens with one attached hydrogen (secondary N) is 1. The highest BCUT2D eigenvalue weighted by atomic mass is 79.9. The molecule has 0 spiro atoms. The summed E-state index contributed by atoms with van der Waals surface area (Å²) in [6.07, 6.45) is 0. The van der Waals surface area contributed by atoms with Gasteiger partial charge in [-0.05, 0) is 62.6 Å². The molecule has 3 nitrogen and oxygen atoms in total. The van der Waals surface area contributed by atoms with E-state index in [0.29, 0.717) is 5.69 Å². The van der Waals surface area contributed by atoms with Crippen molar-refractivity contribution < 1.29 is 8.42 Å². The summed E-state index contributed by atoms with van der Waals surface area (Å²) >= 11 is 3.38. The average molecular weight is 368 g/mol. The zero-order chi connectivity index (χ0) is 15.8. The van der Waals surface area contributed by atoms with Crippen LogP contribution in [0.25, 0.3) is 0 Å². The van der Waals surface area contributed by atoms with Crippen LogP contribution in [0.5, 0.6) is 0 Å². The van der Waals surface area contributed by atoms with Crippen molar-refractivity contribution in [3.8, 4) is 0 Å². The summed E-state index contributed by atoms with van der Waals surface area (Å²) in [6.45, 7) is 7.68. The van der Waals surface area contributed by atoms with Gasteiger partial charge < -0.3 is 0 Å². The number of benzene rings is 2. The molecule has 0 bridgehead atoms. The van der Waals surface area contributed by atoms with Gasteiger partial charge in [0.05, 0.1) is 10.6 Å². The lowest BCUT2D eigenvalue weighted by Crippen LogP contribution is -2.15. The van der Waals surface area contributed by atoms with Crippen LogP contribution >= 0.6 is 15.9 Å². The minimum atomic E-state index is -3.58. The summed E-state index contributed by atoms with van der Waals surface area (Å²) in [5.74, 6) is 0. The van der Waals surface area contributed by atoms with E-state index in [4.69, 9.17) is 0 Å². The maximum Gasteiger partial charge on any atom is 0.261 e. The van der Waals surface area contributed by atoms with E-state index >= 15 is 0 Å². The highest BCUT2D eigenvalue weighted by Gasteiger charge is 2.17. The van der Waals surface area contributed by atoms with E-state index < -0.39 is 10.0 Å². The summed E-state index contributed by atoms with van der Waals surface area (Å²) in [5.41, 5.74) is 4.50. The number of halogens is 1. The van der Waals surface area contributed by atoms with Crippen molar-refractivity contribution in [2.45, 2.75) is 32.6 Å². The van der Waals surface area contributed by atoms with Gasteiger partial charge in [0.15, 0.2) is 0 Å². The van der Waals surface area contributed by atoms with Crippen LogP contribution in [0, 0.1) is 27.7 Å². The third-order valence-electron chi connectivity index (χ3n) is 3.35. The molecule has 0 fully saturated rings. The minimum Gasteiger partial charge on any atom is -0.279 e. The van der Waals surface area contributed by atoms with Crippen LogP contribution in [-0.4, -0.2) is 8.42 Å². The molecule has 2 rings (SSSR count). The summed E-state index contributed by atoms with van der Waals surface area (Å²) in [7, 11) is -3.58. The van der Waals surface area contributed by atoms with Crippen molar-refractivity contribution in [1.82, 2.24) is 0 Å². The van der Waals surface area contributed by atoms with Gasteiger partial charge in [-0.2, -0.15) is 0 Å². The smallest absolute Gasteiger partial charge is 0.261 e. The Labute approximate surface area is 134 Å². The topological polar surface area (TPSA) is 46.2 Å². The van der Waals surface area contributed by atoms with Crippen molar-refractivity contribution >= 4 is 31.6 Å². The molecule has 21 heavy (non-hydrogen) atoms. The van der Waals surface area contributed by atoms with E-state index in [1.54, 1.807) is 18.2 Å². The Hall–Kier alpha value is -1.33. The van der Waals surface area contributed by atoms with Crippen LogP contribution in [-0.2, 0) is 10.0 Å². The second kappa shape index (κ2) is 5.81. The first-order valence-electron chi connectivity index (χ1n) is 6.57. The number of anilines is 1. The molecule has 0 saturated heterocycles. The molecule has 0 atom stereocenters. The molecule has 0 aliphatic heterocycles. The Bertz CT molecular complexity index is 775. The predicted octanol–water partition coefficient (Wildman–Crippen LogP) is 4.48. The van der Waals surface area contributed by atoms with Crippen LogP contribution in [0.2, 0.25) is 0 Å². The van der Waals surface area contributed by atoms with Crippen LogP contribution in [0.4, 0.5) is 5.69 Å². The standard InChI is InChI=1S/C16H18BrNO2S/c1-10-7-12(3)16(13(4)8-10)18-21(19,20)14-5-6-15(17)11(2)9-14/h5-9,18H,1-4H3. The van der Waals surface area contributed by atoms with Gasteiger partial charge in [-0.25, -0.2) is 8.42 Å². The van der Waals surface area contributed by atoms with Crippen molar-refractivity contribution in [3.05, 3.63) is 57.1 Å². The summed E-state index contributed by atoms with van der Waals surface area (Å²) in [4.78, 5) is 0.266. The zero-order valence-corrected chi connectivity index (χ0v) is 14.9. The van der Waals surface area contributed by atoms with Crippen molar-refractivity contribution in [1.29, 1.82) is 0 Å². The van der Waals surface area contributed by atoms with Crippen LogP contribution < -0.4 is 4.72 Å². The monoisotopic (exact) mass is 367 g/mol. The number of sulfonamides is 1. The van der Waals surface area contributed by atoms with Gasteiger partial charge in [0.2, 0.25) is 0 Å². The molecular weight excluding hydrogens is 350 g/mol. The van der Waals surface area contributed by atoms with E-state index in [9.17, 15) is 8.42 Å². The second-order valence-electron chi connectivity index (χ2n) is 5.29. The van der Waals surface area contributed by atoms with Crippen LogP contribution in [0.1, 0.15) is 22.3 Å². The quantitative estimate of drug-likeness (QED) is 0.868. The highest BCUT2D eigenvalue weighted by molar-refractivity contribution is 9.10. The average Bonchev–Trinajstić information content (AvgIpc) is 2.37. The fourth-order valence-corrected chi connectivity index (χ4v) is 3.85. The normalized spacial score (nSPS) is 11.5. The van der Waals surface area contributed by atoms with E-state index in [1.165, 1.54) is 0 Å². The molecule has 0 aromatic heterocycles. The molecule has 1 N–H and O–H groups in total. The van der Waals surface area contributed by atoms with Gasteiger partial charge in [-0.1, -0.05) is 33.6 Å². The van der Waals surface area contributed by atoms with Gasteiger partial charge in [0.25, 0.3) is 10.0 Å². The van der Waals surface area contributed by atoms with E-state index in [0.717, 1.165) is 26.7 Å². The molecule has 5 heteroatoms. The third kappa shape index (κ3) is 3.47. The zero-order valence-electron chi connectivity index (χ0n) is 12.5. The Morgan fingerprint density at radius 3 is 2.00 bits per heavy atom. The van der Waals surface area contributed by atoms with Gasteiger partial charge in [-0.3, -0.25) is 4.72 Å². The maximum atomic E-state index is 12.5. The lowest BCUT2D eigenvalue weighted by molar-refractivity contribution is 0.601. The van der Waals surface area contributed by atoms with E-state index in [1.807, 2.05) is 39.8 Å². The molecule has 0 saturated carbocycles. The molecule has 2 aromatic carbocycles. The Morgan fingerprint density at radius 2 is 1.48 bits per heavy atom. The first-order chi connectivity index (χ1) is 9.70.